The number of hydrogen-bond acceptors (Lipinski definition) is 2. The number of aliphatic carboxylic acids is 1. The van der Waals surface area contributed by atoms with E-state index in [1.807, 2.05) is 54.6 Å². The van der Waals surface area contributed by atoms with E-state index in [-0.39, 0.29) is 6.42 Å². The van der Waals surface area contributed by atoms with Gasteiger partial charge in [0.2, 0.25) is 0 Å². The molecule has 4 heteroatoms. The number of carbonyl (C=O) groups excluding carboxylic acids is 1. The van der Waals surface area contributed by atoms with E-state index in [2.05, 4.69) is 11.9 Å². The topological polar surface area (TPSA) is 66.4 Å². The van der Waals surface area contributed by atoms with Crippen LogP contribution in [0, 0.1) is 0 Å². The molecule has 0 saturated heterocycles. The number of carbonyl (C=O) groups is 2. The summed E-state index contributed by atoms with van der Waals surface area (Å²) in [5.41, 5.74) is 0.499. The van der Waals surface area contributed by atoms with Crippen LogP contribution in [0.3, 0.4) is 0 Å². The summed E-state index contributed by atoms with van der Waals surface area (Å²) in [7, 11) is 0. The van der Waals surface area contributed by atoms with Crippen LogP contribution in [0.2, 0.25) is 0 Å². The van der Waals surface area contributed by atoms with Gasteiger partial charge in [0, 0.05) is 0 Å². The number of rotatable bonds is 5. The molecule has 0 unspecified atom stereocenters. The SMILES string of the molecule is C=CC[C@@H](NC(=O)c1c2ccccc2cc2ccccc12)C(=O)O. The maximum Gasteiger partial charge on any atom is 0.326 e. The Labute approximate surface area is 139 Å². The summed E-state index contributed by atoms with van der Waals surface area (Å²) in [6.45, 7) is 3.55. The molecule has 0 aliphatic carbocycles. The molecule has 0 heterocycles. The van der Waals surface area contributed by atoms with Crippen LogP contribution in [0.4, 0.5) is 0 Å². The van der Waals surface area contributed by atoms with Gasteiger partial charge in [-0.15, -0.1) is 6.58 Å². The Hall–Kier alpha value is -3.14. The fourth-order valence-corrected chi connectivity index (χ4v) is 2.88. The molecule has 0 radical (unpaired) electrons. The first-order chi connectivity index (χ1) is 11.6. The molecular formula is C20H17NO3. The highest BCUT2D eigenvalue weighted by Crippen LogP contribution is 2.28. The minimum atomic E-state index is -1.08. The number of carboxylic acids is 1. The van der Waals surface area contributed by atoms with Gasteiger partial charge in [-0.25, -0.2) is 4.79 Å². The monoisotopic (exact) mass is 319 g/mol. The standard InChI is InChI=1S/C20H17NO3/c1-2-7-17(20(23)24)21-19(22)18-15-10-5-3-8-13(15)12-14-9-4-6-11-16(14)18/h2-6,8-12,17H,1,7H2,(H,21,22)(H,23,24)/t17-/m1/s1. The first kappa shape index (κ1) is 15.7. The first-order valence-electron chi connectivity index (χ1n) is 7.67. The van der Waals surface area contributed by atoms with Gasteiger partial charge in [-0.2, -0.15) is 0 Å². The third-order valence-corrected chi connectivity index (χ3v) is 4.00. The lowest BCUT2D eigenvalue weighted by Crippen LogP contribution is -2.40. The van der Waals surface area contributed by atoms with Crippen molar-refractivity contribution in [2.75, 3.05) is 0 Å². The van der Waals surface area contributed by atoms with Gasteiger partial charge in [0.1, 0.15) is 6.04 Å². The summed E-state index contributed by atoms with van der Waals surface area (Å²) in [5, 5.41) is 15.4. The molecule has 0 aromatic heterocycles. The predicted octanol–water partition coefficient (Wildman–Crippen LogP) is 3.75. The molecule has 4 nitrogen and oxygen atoms in total. The summed E-state index contributed by atoms with van der Waals surface area (Å²) in [4.78, 5) is 24.2. The maximum absolute atomic E-state index is 12.9. The van der Waals surface area contributed by atoms with Crippen molar-refractivity contribution in [3.8, 4) is 0 Å². The van der Waals surface area contributed by atoms with Crippen molar-refractivity contribution in [3.05, 3.63) is 72.8 Å². The van der Waals surface area contributed by atoms with Crippen molar-refractivity contribution in [2.24, 2.45) is 0 Å². The van der Waals surface area contributed by atoms with Crippen molar-refractivity contribution < 1.29 is 14.7 Å². The molecule has 0 aliphatic rings. The molecule has 0 aliphatic heterocycles. The number of carboxylic acid groups (broad SMARTS) is 1. The minimum Gasteiger partial charge on any atom is -0.480 e. The molecule has 1 amide bonds. The van der Waals surface area contributed by atoms with Gasteiger partial charge in [0.25, 0.3) is 5.91 Å². The molecule has 120 valence electrons. The van der Waals surface area contributed by atoms with Gasteiger partial charge >= 0.3 is 5.97 Å². The lowest BCUT2D eigenvalue weighted by Gasteiger charge is -2.15. The minimum absolute atomic E-state index is 0.170. The molecule has 2 N–H and O–H groups in total. The lowest BCUT2D eigenvalue weighted by molar-refractivity contribution is -0.139. The van der Waals surface area contributed by atoms with E-state index in [1.54, 1.807) is 0 Å². The molecule has 1 atom stereocenters. The number of hydrogen-bond donors (Lipinski definition) is 2. The van der Waals surface area contributed by atoms with E-state index in [1.165, 1.54) is 6.08 Å². The van der Waals surface area contributed by atoms with Gasteiger partial charge in [-0.05, 0) is 34.0 Å². The Morgan fingerprint density at radius 3 is 2.08 bits per heavy atom. The van der Waals surface area contributed by atoms with Gasteiger partial charge in [0.05, 0.1) is 5.56 Å². The van der Waals surface area contributed by atoms with Crippen molar-refractivity contribution in [1.29, 1.82) is 0 Å². The summed E-state index contributed by atoms with van der Waals surface area (Å²) in [5.74, 6) is -1.47. The van der Waals surface area contributed by atoms with E-state index in [0.717, 1.165) is 21.5 Å². The van der Waals surface area contributed by atoms with Crippen LogP contribution in [-0.2, 0) is 4.79 Å². The molecule has 3 rings (SSSR count). The van der Waals surface area contributed by atoms with E-state index in [9.17, 15) is 14.7 Å². The third kappa shape index (κ3) is 2.86. The van der Waals surface area contributed by atoms with Crippen molar-refractivity contribution in [2.45, 2.75) is 12.5 Å². The maximum atomic E-state index is 12.9. The average Bonchev–Trinajstić information content (AvgIpc) is 2.58. The number of fused-ring (bicyclic) bond motifs is 2. The van der Waals surface area contributed by atoms with Crippen LogP contribution in [0.25, 0.3) is 21.5 Å². The summed E-state index contributed by atoms with van der Waals surface area (Å²) in [6, 6.07) is 16.2. The normalized spacial score (nSPS) is 12.0. The predicted molar refractivity (Wildman–Crippen MR) is 95.2 cm³/mol. The molecule has 0 spiro atoms. The van der Waals surface area contributed by atoms with Crippen molar-refractivity contribution >= 4 is 33.4 Å². The van der Waals surface area contributed by atoms with E-state index in [0.29, 0.717) is 5.56 Å². The second kappa shape index (κ2) is 6.54. The molecule has 3 aromatic rings. The molecule has 0 bridgehead atoms. The molecule has 0 saturated carbocycles. The summed E-state index contributed by atoms with van der Waals surface area (Å²) in [6.07, 6.45) is 1.66. The Morgan fingerprint density at radius 2 is 1.58 bits per heavy atom. The number of benzene rings is 3. The Bertz CT molecular complexity index is 892. The number of amides is 1. The second-order valence-corrected chi connectivity index (χ2v) is 5.58. The van der Waals surface area contributed by atoms with Gasteiger partial charge in [-0.1, -0.05) is 54.6 Å². The fraction of sp³-hybridized carbons (Fsp3) is 0.100. The highest BCUT2D eigenvalue weighted by atomic mass is 16.4. The quantitative estimate of drug-likeness (QED) is 0.556. The lowest BCUT2D eigenvalue weighted by atomic mass is 9.96. The van der Waals surface area contributed by atoms with Crippen molar-refractivity contribution in [1.82, 2.24) is 5.32 Å². The smallest absolute Gasteiger partial charge is 0.326 e. The molecule has 3 aromatic carbocycles. The highest BCUT2D eigenvalue weighted by Gasteiger charge is 2.22. The fourth-order valence-electron chi connectivity index (χ4n) is 2.88. The van der Waals surface area contributed by atoms with E-state index >= 15 is 0 Å². The van der Waals surface area contributed by atoms with Crippen LogP contribution in [0.15, 0.2) is 67.3 Å². The zero-order chi connectivity index (χ0) is 17.1. The Morgan fingerprint density at radius 1 is 1.04 bits per heavy atom. The van der Waals surface area contributed by atoms with Crippen LogP contribution >= 0.6 is 0 Å². The molecule has 24 heavy (non-hydrogen) atoms. The van der Waals surface area contributed by atoms with Gasteiger partial charge < -0.3 is 10.4 Å². The largest absolute Gasteiger partial charge is 0.480 e. The Kier molecular flexibility index (Phi) is 4.29. The third-order valence-electron chi connectivity index (χ3n) is 4.00. The molecule has 0 fully saturated rings. The Balaban J connectivity index is 2.16. The summed E-state index contributed by atoms with van der Waals surface area (Å²) >= 11 is 0. The van der Waals surface area contributed by atoms with Crippen LogP contribution in [0.1, 0.15) is 16.8 Å². The second-order valence-electron chi connectivity index (χ2n) is 5.58. The molecular weight excluding hydrogens is 302 g/mol. The average molecular weight is 319 g/mol. The van der Waals surface area contributed by atoms with Crippen LogP contribution in [0.5, 0.6) is 0 Å². The summed E-state index contributed by atoms with van der Waals surface area (Å²) < 4.78 is 0. The zero-order valence-corrected chi connectivity index (χ0v) is 13.0. The number of nitrogens with one attached hydrogen (secondary N) is 1. The van der Waals surface area contributed by atoms with Gasteiger partial charge in [-0.3, -0.25) is 4.79 Å². The van der Waals surface area contributed by atoms with Gasteiger partial charge in [0.15, 0.2) is 0 Å². The zero-order valence-electron chi connectivity index (χ0n) is 13.0. The first-order valence-corrected chi connectivity index (χ1v) is 7.67. The van der Waals surface area contributed by atoms with Crippen LogP contribution in [-0.4, -0.2) is 23.0 Å². The van der Waals surface area contributed by atoms with E-state index < -0.39 is 17.9 Å². The highest BCUT2D eigenvalue weighted by molar-refractivity contribution is 6.18. The van der Waals surface area contributed by atoms with Crippen LogP contribution < -0.4 is 5.32 Å². The van der Waals surface area contributed by atoms with E-state index in [4.69, 9.17) is 0 Å². The van der Waals surface area contributed by atoms with Crippen molar-refractivity contribution in [3.63, 3.8) is 0 Å².